The highest BCUT2D eigenvalue weighted by Crippen LogP contribution is 2.38. The van der Waals surface area contributed by atoms with Gasteiger partial charge in [-0.25, -0.2) is 4.39 Å². The standard InChI is InChI=1S/C18H19FN2OS.ClH/c19-13-4-1-11(2-5-13)16-7-8-17(23-16)18(22)21-9-12-3-6-15(20)14(12)10-21;/h1-2,4-5,7-8,12,14-15H,3,6,9-10,20H2;1H. The van der Waals surface area contributed by atoms with Gasteiger partial charge < -0.3 is 10.6 Å². The molecule has 1 aromatic heterocycles. The lowest BCUT2D eigenvalue weighted by molar-refractivity contribution is 0.0784. The Morgan fingerprint density at radius 2 is 1.88 bits per heavy atom. The molecule has 6 heteroatoms. The van der Waals surface area contributed by atoms with Crippen LogP contribution in [0.3, 0.4) is 0 Å². The van der Waals surface area contributed by atoms with Crippen molar-refractivity contribution in [3.05, 3.63) is 47.1 Å². The van der Waals surface area contributed by atoms with Crippen LogP contribution in [0.2, 0.25) is 0 Å². The normalized spacial score (nSPS) is 25.4. The lowest BCUT2D eigenvalue weighted by Gasteiger charge is -2.17. The molecule has 0 radical (unpaired) electrons. The summed E-state index contributed by atoms with van der Waals surface area (Å²) in [6.07, 6.45) is 2.23. The van der Waals surface area contributed by atoms with Crippen LogP contribution in [0, 0.1) is 17.7 Å². The van der Waals surface area contributed by atoms with Gasteiger partial charge in [0.15, 0.2) is 0 Å². The maximum absolute atomic E-state index is 13.0. The highest BCUT2D eigenvalue weighted by molar-refractivity contribution is 7.17. The van der Waals surface area contributed by atoms with E-state index in [1.165, 1.54) is 23.5 Å². The third-order valence-corrected chi connectivity index (χ3v) is 6.27. The van der Waals surface area contributed by atoms with Gasteiger partial charge in [-0.3, -0.25) is 4.79 Å². The predicted octanol–water partition coefficient (Wildman–Crippen LogP) is 3.79. The fourth-order valence-corrected chi connectivity index (χ4v) is 4.83. The van der Waals surface area contributed by atoms with Crippen molar-refractivity contribution in [2.24, 2.45) is 17.6 Å². The molecular weight excluding hydrogens is 347 g/mol. The van der Waals surface area contributed by atoms with Gasteiger partial charge in [0.05, 0.1) is 4.88 Å². The Balaban J connectivity index is 0.00000169. The van der Waals surface area contributed by atoms with Gasteiger partial charge in [-0.05, 0) is 54.5 Å². The summed E-state index contributed by atoms with van der Waals surface area (Å²) in [7, 11) is 0. The summed E-state index contributed by atoms with van der Waals surface area (Å²) < 4.78 is 13.0. The number of hydrogen-bond acceptors (Lipinski definition) is 3. The monoisotopic (exact) mass is 366 g/mol. The van der Waals surface area contributed by atoms with E-state index in [4.69, 9.17) is 5.73 Å². The van der Waals surface area contributed by atoms with Crippen LogP contribution >= 0.6 is 23.7 Å². The zero-order chi connectivity index (χ0) is 16.0. The summed E-state index contributed by atoms with van der Waals surface area (Å²) in [5.41, 5.74) is 7.09. The molecule has 3 atom stereocenters. The van der Waals surface area contributed by atoms with Gasteiger partial charge in [-0.15, -0.1) is 23.7 Å². The molecule has 1 saturated heterocycles. The van der Waals surface area contributed by atoms with Crippen molar-refractivity contribution >= 4 is 29.7 Å². The molecule has 0 bridgehead atoms. The number of carbonyl (C=O) groups excluding carboxylic acids is 1. The molecule has 2 aliphatic rings. The van der Waals surface area contributed by atoms with E-state index >= 15 is 0 Å². The van der Waals surface area contributed by atoms with Crippen molar-refractivity contribution in [2.45, 2.75) is 18.9 Å². The zero-order valence-corrected chi connectivity index (χ0v) is 14.8. The maximum atomic E-state index is 13.0. The Labute approximate surface area is 151 Å². The Hall–Kier alpha value is -1.43. The van der Waals surface area contributed by atoms with Gasteiger partial charge in [-0.1, -0.05) is 12.1 Å². The topological polar surface area (TPSA) is 46.3 Å². The lowest BCUT2D eigenvalue weighted by Crippen LogP contribution is -2.33. The first-order chi connectivity index (χ1) is 11.1. The number of thiophene rings is 1. The molecule has 2 N–H and O–H groups in total. The van der Waals surface area contributed by atoms with Crippen molar-refractivity contribution in [1.29, 1.82) is 0 Å². The highest BCUT2D eigenvalue weighted by atomic mass is 35.5. The molecule has 1 aromatic carbocycles. The van der Waals surface area contributed by atoms with Gasteiger partial charge in [0.2, 0.25) is 0 Å². The maximum Gasteiger partial charge on any atom is 0.263 e. The van der Waals surface area contributed by atoms with Crippen LogP contribution in [0.25, 0.3) is 10.4 Å². The van der Waals surface area contributed by atoms with E-state index in [1.807, 2.05) is 17.0 Å². The molecule has 1 aliphatic carbocycles. The number of benzene rings is 1. The zero-order valence-electron chi connectivity index (χ0n) is 13.2. The Morgan fingerprint density at radius 3 is 2.58 bits per heavy atom. The molecule has 3 nitrogen and oxygen atoms in total. The number of rotatable bonds is 2. The fraction of sp³-hybridized carbons (Fsp3) is 0.389. The minimum absolute atomic E-state index is 0. The molecule has 128 valence electrons. The summed E-state index contributed by atoms with van der Waals surface area (Å²) in [6, 6.07) is 10.4. The van der Waals surface area contributed by atoms with Crippen LogP contribution < -0.4 is 5.73 Å². The van der Waals surface area contributed by atoms with Gasteiger partial charge in [0.25, 0.3) is 5.91 Å². The van der Waals surface area contributed by atoms with Crippen molar-refractivity contribution < 1.29 is 9.18 Å². The first-order valence-corrected chi connectivity index (χ1v) is 8.84. The van der Waals surface area contributed by atoms with E-state index in [0.717, 1.165) is 41.2 Å². The van der Waals surface area contributed by atoms with Crippen molar-refractivity contribution in [2.75, 3.05) is 13.1 Å². The van der Waals surface area contributed by atoms with Crippen molar-refractivity contribution in [3.63, 3.8) is 0 Å². The van der Waals surface area contributed by atoms with E-state index in [1.54, 1.807) is 12.1 Å². The smallest absolute Gasteiger partial charge is 0.263 e. The Bertz CT molecular complexity index is 733. The van der Waals surface area contributed by atoms with Crippen LogP contribution in [0.1, 0.15) is 22.5 Å². The first-order valence-electron chi connectivity index (χ1n) is 8.02. The van der Waals surface area contributed by atoms with Gasteiger partial charge in [0, 0.05) is 24.0 Å². The number of halogens is 2. The molecule has 1 aliphatic heterocycles. The highest BCUT2D eigenvalue weighted by Gasteiger charge is 2.42. The predicted molar refractivity (Wildman–Crippen MR) is 97.1 cm³/mol. The van der Waals surface area contributed by atoms with Crippen molar-refractivity contribution in [3.8, 4) is 10.4 Å². The summed E-state index contributed by atoms with van der Waals surface area (Å²) in [5.74, 6) is 0.896. The molecular formula is C18H20ClFN2OS. The van der Waals surface area contributed by atoms with Gasteiger partial charge in [-0.2, -0.15) is 0 Å². The van der Waals surface area contributed by atoms with Gasteiger partial charge >= 0.3 is 0 Å². The van der Waals surface area contributed by atoms with Crippen LogP contribution in [-0.4, -0.2) is 29.9 Å². The molecule has 4 rings (SSSR count). The summed E-state index contributed by atoms with van der Waals surface area (Å²) in [5, 5.41) is 0. The molecule has 24 heavy (non-hydrogen) atoms. The summed E-state index contributed by atoms with van der Waals surface area (Å²) in [6.45, 7) is 1.62. The van der Waals surface area contributed by atoms with Gasteiger partial charge in [0.1, 0.15) is 5.82 Å². The number of fused-ring (bicyclic) bond motifs is 1. The average Bonchev–Trinajstić information content (AvgIpc) is 3.25. The largest absolute Gasteiger partial charge is 0.337 e. The van der Waals surface area contributed by atoms with E-state index in [-0.39, 0.29) is 30.2 Å². The van der Waals surface area contributed by atoms with Crippen molar-refractivity contribution in [1.82, 2.24) is 4.90 Å². The molecule has 1 saturated carbocycles. The molecule has 2 heterocycles. The quantitative estimate of drug-likeness (QED) is 0.879. The van der Waals surface area contributed by atoms with Crippen LogP contribution in [0.15, 0.2) is 36.4 Å². The number of nitrogens with zero attached hydrogens (tertiary/aromatic N) is 1. The molecule has 0 spiro atoms. The Morgan fingerprint density at radius 1 is 1.12 bits per heavy atom. The minimum atomic E-state index is -0.249. The number of hydrogen-bond donors (Lipinski definition) is 1. The third kappa shape index (κ3) is 3.08. The van der Waals surface area contributed by atoms with Crippen LogP contribution in [-0.2, 0) is 0 Å². The van der Waals surface area contributed by atoms with E-state index in [2.05, 4.69) is 0 Å². The second-order valence-corrected chi connectivity index (χ2v) is 7.63. The minimum Gasteiger partial charge on any atom is -0.337 e. The second-order valence-electron chi connectivity index (χ2n) is 6.55. The SMILES string of the molecule is Cl.NC1CCC2CN(C(=O)c3ccc(-c4ccc(F)cc4)s3)CC12. The summed E-state index contributed by atoms with van der Waals surface area (Å²) >= 11 is 1.47. The third-order valence-electron chi connectivity index (χ3n) is 5.15. The summed E-state index contributed by atoms with van der Waals surface area (Å²) in [4.78, 5) is 16.4. The number of carbonyl (C=O) groups is 1. The average molecular weight is 367 g/mol. The van der Waals surface area contributed by atoms with E-state index < -0.39 is 0 Å². The van der Waals surface area contributed by atoms with Crippen LogP contribution in [0.4, 0.5) is 4.39 Å². The molecule has 3 unspecified atom stereocenters. The second kappa shape index (κ2) is 6.82. The van der Waals surface area contributed by atoms with E-state index in [9.17, 15) is 9.18 Å². The molecule has 2 aromatic rings. The fourth-order valence-electron chi connectivity index (χ4n) is 3.85. The van der Waals surface area contributed by atoms with Crippen LogP contribution in [0.5, 0.6) is 0 Å². The van der Waals surface area contributed by atoms with E-state index in [0.29, 0.717) is 11.8 Å². The molecule has 1 amide bonds. The first kappa shape index (κ1) is 17.4. The number of amides is 1. The number of likely N-dealkylation sites (tertiary alicyclic amines) is 1. The molecule has 2 fully saturated rings. The number of nitrogens with two attached hydrogens (primary N) is 1. The lowest BCUT2D eigenvalue weighted by atomic mass is 9.98. The Kier molecular flexibility index (Phi) is 4.95.